The van der Waals surface area contributed by atoms with Crippen molar-refractivity contribution in [3.8, 4) is 0 Å². The predicted octanol–water partition coefficient (Wildman–Crippen LogP) is 2.26. The summed E-state index contributed by atoms with van der Waals surface area (Å²) in [6.45, 7) is -0.0910. The fourth-order valence-corrected chi connectivity index (χ4v) is 8.62. The van der Waals surface area contributed by atoms with Gasteiger partial charge < -0.3 is 11.1 Å². The molecule has 2 amide bonds. The maximum absolute atomic E-state index is 13.2. The Labute approximate surface area is 202 Å². The van der Waals surface area contributed by atoms with Crippen LogP contribution < -0.4 is 15.4 Å². The molecule has 5 aliphatic rings. The van der Waals surface area contributed by atoms with Crippen LogP contribution in [0.25, 0.3) is 0 Å². The van der Waals surface area contributed by atoms with E-state index in [0.29, 0.717) is 25.2 Å². The molecule has 4 saturated carbocycles. The van der Waals surface area contributed by atoms with E-state index in [-0.39, 0.29) is 49.1 Å². The van der Waals surface area contributed by atoms with Crippen molar-refractivity contribution in [1.29, 1.82) is 0 Å². The number of hydrogen-bond donors (Lipinski definition) is 2. The second-order valence-corrected chi connectivity index (χ2v) is 12.4. The van der Waals surface area contributed by atoms with Crippen molar-refractivity contribution in [2.24, 2.45) is 28.9 Å². The van der Waals surface area contributed by atoms with Crippen molar-refractivity contribution in [2.45, 2.75) is 50.7 Å². The van der Waals surface area contributed by atoms with Crippen LogP contribution in [0.2, 0.25) is 0 Å². The number of rotatable bonds is 5. The SMILES string of the molecule is NC(=O)C12CC3CC(C1)C(NC(=O)CN1CCCN(c4ccc(C(F)(F)F)cc4)S1(=O)=O)C(C3)C2. The molecule has 1 saturated heterocycles. The summed E-state index contributed by atoms with van der Waals surface area (Å²) in [7, 11) is -4.08. The minimum atomic E-state index is -4.52. The second-order valence-electron chi connectivity index (χ2n) is 10.5. The minimum Gasteiger partial charge on any atom is -0.369 e. The minimum absolute atomic E-state index is 0.106. The van der Waals surface area contributed by atoms with Crippen LogP contribution in [0.1, 0.15) is 44.1 Å². The molecule has 0 radical (unpaired) electrons. The first-order valence-electron chi connectivity index (χ1n) is 11.9. The first-order chi connectivity index (χ1) is 16.4. The zero-order chi connectivity index (χ0) is 25.2. The molecule has 35 heavy (non-hydrogen) atoms. The van der Waals surface area contributed by atoms with Gasteiger partial charge in [0.25, 0.3) is 0 Å². The molecule has 4 aliphatic carbocycles. The lowest BCUT2D eigenvalue weighted by molar-refractivity contribution is -0.147. The van der Waals surface area contributed by atoms with E-state index >= 15 is 0 Å². The van der Waals surface area contributed by atoms with Gasteiger partial charge in [-0.2, -0.15) is 25.9 Å². The molecule has 1 aliphatic heterocycles. The van der Waals surface area contributed by atoms with Crippen LogP contribution >= 0.6 is 0 Å². The van der Waals surface area contributed by atoms with Crippen LogP contribution in [0.15, 0.2) is 24.3 Å². The van der Waals surface area contributed by atoms with Crippen molar-refractivity contribution in [2.75, 3.05) is 23.9 Å². The molecule has 1 aromatic carbocycles. The Morgan fingerprint density at radius 2 is 1.69 bits per heavy atom. The maximum Gasteiger partial charge on any atom is 0.416 e. The molecule has 4 bridgehead atoms. The van der Waals surface area contributed by atoms with Crippen LogP contribution in [0, 0.1) is 23.2 Å². The molecule has 12 heteroatoms. The second kappa shape index (κ2) is 8.36. The molecular formula is C23H29F3N4O4S. The Bertz CT molecular complexity index is 1110. The summed E-state index contributed by atoms with van der Waals surface area (Å²) in [5.41, 5.74) is 4.51. The highest BCUT2D eigenvalue weighted by atomic mass is 32.2. The number of halogens is 3. The number of carbonyl (C=O) groups is 2. The molecule has 1 aromatic rings. The zero-order valence-corrected chi connectivity index (χ0v) is 19.9. The van der Waals surface area contributed by atoms with E-state index in [0.717, 1.165) is 52.1 Å². The smallest absolute Gasteiger partial charge is 0.369 e. The highest BCUT2D eigenvalue weighted by molar-refractivity contribution is 7.90. The molecule has 192 valence electrons. The monoisotopic (exact) mass is 514 g/mol. The van der Waals surface area contributed by atoms with Gasteiger partial charge in [-0.05, 0) is 80.5 Å². The van der Waals surface area contributed by atoms with Gasteiger partial charge in [0, 0.05) is 24.5 Å². The third-order valence-corrected chi connectivity index (χ3v) is 10.2. The predicted molar refractivity (Wildman–Crippen MR) is 121 cm³/mol. The lowest BCUT2D eigenvalue weighted by Crippen LogP contribution is -2.63. The van der Waals surface area contributed by atoms with Crippen LogP contribution in [-0.2, 0) is 26.0 Å². The fourth-order valence-electron chi connectivity index (χ4n) is 6.95. The van der Waals surface area contributed by atoms with Gasteiger partial charge in [0.15, 0.2) is 0 Å². The van der Waals surface area contributed by atoms with Crippen LogP contribution in [0.3, 0.4) is 0 Å². The average molecular weight is 515 g/mol. The Balaban J connectivity index is 1.26. The van der Waals surface area contributed by atoms with Crippen LogP contribution in [-0.4, -0.2) is 50.2 Å². The van der Waals surface area contributed by atoms with Crippen molar-refractivity contribution in [1.82, 2.24) is 9.62 Å². The van der Waals surface area contributed by atoms with Gasteiger partial charge in [-0.25, -0.2) is 0 Å². The number of nitrogens with one attached hydrogen (secondary N) is 1. The third kappa shape index (κ3) is 4.28. The number of anilines is 1. The first kappa shape index (κ1) is 24.4. The van der Waals surface area contributed by atoms with Gasteiger partial charge in [-0.3, -0.25) is 13.9 Å². The maximum atomic E-state index is 13.2. The number of carbonyl (C=O) groups excluding carboxylic acids is 2. The van der Waals surface area contributed by atoms with Crippen LogP contribution in [0.4, 0.5) is 18.9 Å². The average Bonchev–Trinajstić information content (AvgIpc) is 2.76. The lowest BCUT2D eigenvalue weighted by atomic mass is 9.47. The molecule has 2 atom stereocenters. The van der Waals surface area contributed by atoms with E-state index in [1.165, 1.54) is 0 Å². The van der Waals surface area contributed by atoms with Gasteiger partial charge in [-0.15, -0.1) is 0 Å². The molecule has 8 nitrogen and oxygen atoms in total. The van der Waals surface area contributed by atoms with E-state index < -0.39 is 33.3 Å². The van der Waals surface area contributed by atoms with E-state index in [1.807, 2.05) is 0 Å². The van der Waals surface area contributed by atoms with Crippen LogP contribution in [0.5, 0.6) is 0 Å². The standard InChI is InChI=1S/C23H29F3N4O4S/c24-23(25,26)17-2-4-18(5-3-17)30-7-1-6-29(35(30,33)34)13-19(31)28-20-15-8-14-9-16(20)12-22(10-14,11-15)21(27)32/h2-5,14-16,20H,1,6-13H2,(H2,27,32)(H,28,31). The summed E-state index contributed by atoms with van der Waals surface area (Å²) < 4.78 is 67.1. The highest BCUT2D eigenvalue weighted by Crippen LogP contribution is 2.59. The highest BCUT2D eigenvalue weighted by Gasteiger charge is 2.58. The topological polar surface area (TPSA) is 113 Å². The van der Waals surface area contributed by atoms with Gasteiger partial charge in [-0.1, -0.05) is 0 Å². The fraction of sp³-hybridized carbons (Fsp3) is 0.652. The molecular weight excluding hydrogens is 485 g/mol. The Morgan fingerprint density at radius 1 is 1.06 bits per heavy atom. The van der Waals surface area contributed by atoms with Crippen molar-refractivity contribution >= 4 is 27.7 Å². The Morgan fingerprint density at radius 3 is 2.26 bits per heavy atom. The van der Waals surface area contributed by atoms with E-state index in [9.17, 15) is 31.2 Å². The molecule has 5 fully saturated rings. The Kier molecular flexibility index (Phi) is 5.82. The number of nitrogens with zero attached hydrogens (tertiary/aromatic N) is 2. The van der Waals surface area contributed by atoms with E-state index in [4.69, 9.17) is 5.73 Å². The third-order valence-electron chi connectivity index (χ3n) is 8.30. The summed E-state index contributed by atoms with van der Waals surface area (Å²) in [4.78, 5) is 25.1. The van der Waals surface area contributed by atoms with Gasteiger partial charge >= 0.3 is 16.4 Å². The Hall–Kier alpha value is -2.34. The normalized spacial score (nSPS) is 34.1. The first-order valence-corrected chi connectivity index (χ1v) is 13.3. The molecule has 3 N–H and O–H groups in total. The van der Waals surface area contributed by atoms with E-state index in [1.54, 1.807) is 0 Å². The number of nitrogens with two attached hydrogens (primary N) is 1. The van der Waals surface area contributed by atoms with Crippen molar-refractivity contribution in [3.63, 3.8) is 0 Å². The number of hydrogen-bond acceptors (Lipinski definition) is 4. The van der Waals surface area contributed by atoms with Gasteiger partial charge in [0.1, 0.15) is 0 Å². The summed E-state index contributed by atoms with van der Waals surface area (Å²) in [6.07, 6.45) is -0.0837. The number of benzene rings is 1. The molecule has 2 unspecified atom stereocenters. The number of primary amides is 1. The summed E-state index contributed by atoms with van der Waals surface area (Å²) >= 11 is 0. The summed E-state index contributed by atoms with van der Waals surface area (Å²) in [6, 6.07) is 3.86. The van der Waals surface area contributed by atoms with E-state index in [2.05, 4.69) is 5.32 Å². The molecule has 6 rings (SSSR count). The number of alkyl halides is 3. The lowest BCUT2D eigenvalue weighted by Gasteiger charge is -2.58. The van der Waals surface area contributed by atoms with Crippen molar-refractivity contribution in [3.05, 3.63) is 29.8 Å². The summed E-state index contributed by atoms with van der Waals surface area (Å²) in [5.74, 6) is 0.0735. The molecule has 0 aromatic heterocycles. The largest absolute Gasteiger partial charge is 0.416 e. The quantitative estimate of drug-likeness (QED) is 0.628. The van der Waals surface area contributed by atoms with Crippen molar-refractivity contribution < 1.29 is 31.2 Å². The zero-order valence-electron chi connectivity index (χ0n) is 19.1. The van der Waals surface area contributed by atoms with Gasteiger partial charge in [0.2, 0.25) is 11.8 Å². The summed E-state index contributed by atoms with van der Waals surface area (Å²) in [5, 5.41) is 3.04. The number of amides is 2. The molecule has 1 heterocycles. The molecule has 0 spiro atoms. The van der Waals surface area contributed by atoms with Gasteiger partial charge in [0.05, 0.1) is 17.8 Å².